The molecule has 0 spiro atoms. The van der Waals surface area contributed by atoms with Gasteiger partial charge in [-0.05, 0) is 49.4 Å². The Morgan fingerprint density at radius 2 is 1.21 bits per heavy atom. The molecule has 1 N–H and O–H groups in total. The number of aromatic hydroxyl groups is 1. The van der Waals surface area contributed by atoms with E-state index in [0.717, 1.165) is 42.7 Å². The van der Waals surface area contributed by atoms with Gasteiger partial charge in [-0.15, -0.1) is 0 Å². The maximum Gasteiger partial charge on any atom is 0.122 e. The zero-order valence-electron chi connectivity index (χ0n) is 15.6. The Balaban J connectivity index is 1.89. The highest BCUT2D eigenvalue weighted by atomic mass is 16.5. The summed E-state index contributed by atoms with van der Waals surface area (Å²) >= 11 is 0. The van der Waals surface area contributed by atoms with E-state index in [2.05, 4.69) is 6.07 Å². The molecule has 1 aliphatic heterocycles. The van der Waals surface area contributed by atoms with Gasteiger partial charge in [0.1, 0.15) is 11.5 Å². The van der Waals surface area contributed by atoms with E-state index in [-0.39, 0.29) is 0 Å². The van der Waals surface area contributed by atoms with Crippen LogP contribution in [0.2, 0.25) is 0 Å². The molecule has 0 unspecified atom stereocenters. The lowest BCUT2D eigenvalue weighted by atomic mass is 10.0. The third-order valence-electron chi connectivity index (χ3n) is 5.22. The smallest absolute Gasteiger partial charge is 0.122 e. The van der Waals surface area contributed by atoms with E-state index in [1.165, 1.54) is 70.6 Å². The van der Waals surface area contributed by atoms with Gasteiger partial charge in [0.2, 0.25) is 0 Å². The minimum absolute atomic E-state index is 0.436. The standard InChI is InChI=1S/C22H36O2/c1-19-17-21(23)20-15-13-11-9-7-5-3-2-4-6-8-10-12-14-16-24-22(19)18-20/h17-18,23H,2-16H2,1H3. The number of fused-ring (bicyclic) bond motifs is 2. The molecule has 0 atom stereocenters. The second-order valence-corrected chi connectivity index (χ2v) is 7.44. The molecule has 1 aromatic rings. The minimum Gasteiger partial charge on any atom is -0.508 e. The summed E-state index contributed by atoms with van der Waals surface area (Å²) in [4.78, 5) is 0. The van der Waals surface area contributed by atoms with Gasteiger partial charge in [-0.2, -0.15) is 0 Å². The quantitative estimate of drug-likeness (QED) is 0.572. The Hall–Kier alpha value is -1.18. The first-order valence-electron chi connectivity index (χ1n) is 10.2. The number of ether oxygens (including phenoxy) is 1. The van der Waals surface area contributed by atoms with E-state index in [1.54, 1.807) is 0 Å². The van der Waals surface area contributed by atoms with Crippen LogP contribution in [0, 0.1) is 6.92 Å². The highest BCUT2D eigenvalue weighted by molar-refractivity contribution is 5.45. The van der Waals surface area contributed by atoms with Crippen molar-refractivity contribution in [1.29, 1.82) is 0 Å². The van der Waals surface area contributed by atoms with E-state index < -0.39 is 0 Å². The van der Waals surface area contributed by atoms with Gasteiger partial charge in [-0.25, -0.2) is 0 Å². The van der Waals surface area contributed by atoms with Crippen LogP contribution in [0.15, 0.2) is 12.1 Å². The molecule has 1 aliphatic rings. The van der Waals surface area contributed by atoms with E-state index >= 15 is 0 Å². The van der Waals surface area contributed by atoms with Crippen molar-refractivity contribution in [3.05, 3.63) is 23.3 Å². The van der Waals surface area contributed by atoms with E-state index in [9.17, 15) is 5.11 Å². The van der Waals surface area contributed by atoms with Crippen molar-refractivity contribution in [3.63, 3.8) is 0 Å². The molecular weight excluding hydrogens is 296 g/mol. The predicted molar refractivity (Wildman–Crippen MR) is 102 cm³/mol. The Kier molecular flexibility index (Phi) is 9.09. The number of rotatable bonds is 0. The van der Waals surface area contributed by atoms with Crippen LogP contribution in [0.4, 0.5) is 0 Å². The molecule has 136 valence electrons. The fraction of sp³-hybridized carbons (Fsp3) is 0.727. The van der Waals surface area contributed by atoms with Crippen LogP contribution in [-0.2, 0) is 6.42 Å². The molecule has 0 aliphatic carbocycles. The lowest BCUT2D eigenvalue weighted by molar-refractivity contribution is 0.301. The number of aryl methyl sites for hydroxylation is 2. The van der Waals surface area contributed by atoms with Crippen LogP contribution in [0.1, 0.15) is 94.6 Å². The number of phenols is 1. The summed E-state index contributed by atoms with van der Waals surface area (Å²) in [5.41, 5.74) is 2.09. The first kappa shape index (κ1) is 19.1. The zero-order chi connectivity index (χ0) is 17.0. The van der Waals surface area contributed by atoms with Crippen molar-refractivity contribution in [1.82, 2.24) is 0 Å². The molecule has 0 radical (unpaired) electrons. The highest BCUT2D eigenvalue weighted by Gasteiger charge is 2.08. The van der Waals surface area contributed by atoms with E-state index in [0.29, 0.717) is 5.75 Å². The molecule has 24 heavy (non-hydrogen) atoms. The number of hydrogen-bond donors (Lipinski definition) is 1. The zero-order valence-corrected chi connectivity index (χ0v) is 15.6. The molecule has 2 bridgehead atoms. The average molecular weight is 333 g/mol. The third-order valence-corrected chi connectivity index (χ3v) is 5.22. The van der Waals surface area contributed by atoms with Crippen LogP contribution < -0.4 is 4.74 Å². The van der Waals surface area contributed by atoms with Gasteiger partial charge in [0.05, 0.1) is 6.61 Å². The first-order chi connectivity index (χ1) is 11.8. The maximum absolute atomic E-state index is 10.2. The van der Waals surface area contributed by atoms with Gasteiger partial charge in [-0.1, -0.05) is 70.6 Å². The number of benzene rings is 1. The van der Waals surface area contributed by atoms with Gasteiger partial charge in [0, 0.05) is 0 Å². The summed E-state index contributed by atoms with van der Waals surface area (Å²) in [7, 11) is 0. The fourth-order valence-electron chi connectivity index (χ4n) is 3.61. The molecule has 0 saturated carbocycles. The molecule has 0 saturated heterocycles. The average Bonchev–Trinajstić information content (AvgIpc) is 2.56. The summed E-state index contributed by atoms with van der Waals surface area (Å²) in [6, 6.07) is 3.94. The van der Waals surface area contributed by atoms with Crippen molar-refractivity contribution in [2.75, 3.05) is 6.61 Å². The molecule has 0 aromatic heterocycles. The second-order valence-electron chi connectivity index (χ2n) is 7.44. The molecular formula is C22H36O2. The summed E-state index contributed by atoms with van der Waals surface area (Å²) in [5, 5.41) is 10.2. The Morgan fingerprint density at radius 3 is 1.79 bits per heavy atom. The topological polar surface area (TPSA) is 29.5 Å². The van der Waals surface area contributed by atoms with Crippen molar-refractivity contribution in [2.45, 2.75) is 96.8 Å². The van der Waals surface area contributed by atoms with Crippen LogP contribution in [0.25, 0.3) is 0 Å². The monoisotopic (exact) mass is 332 g/mol. The first-order valence-corrected chi connectivity index (χ1v) is 10.2. The summed E-state index contributed by atoms with van der Waals surface area (Å²) in [6.07, 6.45) is 18.3. The summed E-state index contributed by atoms with van der Waals surface area (Å²) in [6.45, 7) is 2.82. The largest absolute Gasteiger partial charge is 0.508 e. The molecule has 2 heteroatoms. The molecule has 0 fully saturated rings. The van der Waals surface area contributed by atoms with Crippen LogP contribution in [0.3, 0.4) is 0 Å². The van der Waals surface area contributed by atoms with Gasteiger partial charge in [-0.3, -0.25) is 0 Å². The van der Waals surface area contributed by atoms with Crippen LogP contribution >= 0.6 is 0 Å². The van der Waals surface area contributed by atoms with Gasteiger partial charge in [0.15, 0.2) is 0 Å². The van der Waals surface area contributed by atoms with Crippen molar-refractivity contribution >= 4 is 0 Å². The van der Waals surface area contributed by atoms with E-state index in [1.807, 2.05) is 13.0 Å². The Morgan fingerprint density at radius 1 is 0.708 bits per heavy atom. The van der Waals surface area contributed by atoms with Crippen LogP contribution in [-0.4, -0.2) is 11.7 Å². The predicted octanol–water partition coefficient (Wildman–Crippen LogP) is 6.71. The SMILES string of the molecule is Cc1cc(O)c2cc1OCCCCCCCCCCCCCCC2. The Bertz CT molecular complexity index is 428. The summed E-state index contributed by atoms with van der Waals surface area (Å²) < 4.78 is 5.99. The fourth-order valence-corrected chi connectivity index (χ4v) is 3.61. The number of phenolic OH excluding ortho intramolecular Hbond substituents is 1. The van der Waals surface area contributed by atoms with Crippen molar-refractivity contribution < 1.29 is 9.84 Å². The number of hydrogen-bond acceptors (Lipinski definition) is 2. The van der Waals surface area contributed by atoms with E-state index in [4.69, 9.17) is 4.74 Å². The highest BCUT2D eigenvalue weighted by Crippen LogP contribution is 2.29. The molecule has 1 heterocycles. The lowest BCUT2D eigenvalue weighted by Gasteiger charge is -2.13. The Labute approximate surface area is 148 Å². The third kappa shape index (κ3) is 7.15. The molecule has 2 rings (SSSR count). The molecule has 1 aromatic carbocycles. The van der Waals surface area contributed by atoms with Gasteiger partial charge < -0.3 is 9.84 Å². The van der Waals surface area contributed by atoms with Gasteiger partial charge >= 0.3 is 0 Å². The van der Waals surface area contributed by atoms with Crippen molar-refractivity contribution in [3.8, 4) is 11.5 Å². The normalized spacial score (nSPS) is 19.5. The van der Waals surface area contributed by atoms with Crippen LogP contribution in [0.5, 0.6) is 11.5 Å². The van der Waals surface area contributed by atoms with Gasteiger partial charge in [0.25, 0.3) is 0 Å². The van der Waals surface area contributed by atoms with Crippen molar-refractivity contribution in [2.24, 2.45) is 0 Å². The lowest BCUT2D eigenvalue weighted by Crippen LogP contribution is -2.00. The maximum atomic E-state index is 10.2. The second kappa shape index (κ2) is 11.4. The summed E-state index contributed by atoms with van der Waals surface area (Å²) in [5.74, 6) is 1.39. The molecule has 2 nitrogen and oxygen atoms in total. The molecule has 0 amide bonds. The minimum atomic E-state index is 0.436.